The van der Waals surface area contributed by atoms with E-state index in [9.17, 15) is 17.6 Å². The number of carbonyl (C=O) groups excluding carboxylic acids is 1. The quantitative estimate of drug-likeness (QED) is 0.798. The Morgan fingerprint density at radius 2 is 1.77 bits per heavy atom. The van der Waals surface area contributed by atoms with E-state index in [1.165, 1.54) is 45.6 Å². The third kappa shape index (κ3) is 3.66. The van der Waals surface area contributed by atoms with Gasteiger partial charge < -0.3 is 9.32 Å². The lowest BCUT2D eigenvalue weighted by Crippen LogP contribution is -2.35. The van der Waals surface area contributed by atoms with Gasteiger partial charge in [0, 0.05) is 25.3 Å². The van der Waals surface area contributed by atoms with Gasteiger partial charge in [-0.15, -0.1) is 0 Å². The Morgan fingerprint density at radius 3 is 2.38 bits per heavy atom. The minimum atomic E-state index is -3.73. The standard InChI is InChI=1S/C18H21FN2O4S/c1-2-21(15-8-6-14(19)7-9-15)18(22)16-10-11-17(25-16)26(23,24)20-12-4-3-5-13-20/h6-11H,2-5,12-13H2,1H3. The maximum atomic E-state index is 13.1. The molecule has 0 unspecified atom stereocenters. The number of amides is 1. The number of piperidine rings is 1. The minimum Gasteiger partial charge on any atom is -0.438 e. The number of hydrogen-bond acceptors (Lipinski definition) is 4. The van der Waals surface area contributed by atoms with E-state index in [1.54, 1.807) is 6.92 Å². The SMILES string of the molecule is CCN(C(=O)c1ccc(S(=O)(=O)N2CCCCC2)o1)c1ccc(F)cc1. The number of sulfonamides is 1. The Kier molecular flexibility index (Phi) is 5.43. The van der Waals surface area contributed by atoms with Gasteiger partial charge in [-0.3, -0.25) is 4.79 Å². The highest BCUT2D eigenvalue weighted by Gasteiger charge is 2.30. The lowest BCUT2D eigenvalue weighted by atomic mass is 10.2. The van der Waals surface area contributed by atoms with Crippen molar-refractivity contribution in [1.29, 1.82) is 0 Å². The van der Waals surface area contributed by atoms with Gasteiger partial charge in [-0.05, 0) is 56.2 Å². The van der Waals surface area contributed by atoms with Gasteiger partial charge in [0.05, 0.1) is 0 Å². The molecule has 140 valence electrons. The number of furan rings is 1. The van der Waals surface area contributed by atoms with E-state index >= 15 is 0 Å². The van der Waals surface area contributed by atoms with E-state index in [4.69, 9.17) is 4.42 Å². The summed E-state index contributed by atoms with van der Waals surface area (Å²) >= 11 is 0. The molecule has 2 aromatic rings. The van der Waals surface area contributed by atoms with Crippen molar-refractivity contribution in [2.45, 2.75) is 31.3 Å². The second-order valence-corrected chi connectivity index (χ2v) is 7.98. The first kappa shape index (κ1) is 18.6. The summed E-state index contributed by atoms with van der Waals surface area (Å²) in [6.45, 7) is 3.03. The normalized spacial score (nSPS) is 15.8. The van der Waals surface area contributed by atoms with Gasteiger partial charge in [-0.1, -0.05) is 6.42 Å². The molecular formula is C18H21FN2O4S. The average molecular weight is 380 g/mol. The maximum absolute atomic E-state index is 13.1. The van der Waals surface area contributed by atoms with E-state index in [0.717, 1.165) is 19.3 Å². The molecule has 0 N–H and O–H groups in total. The third-order valence-corrected chi connectivity index (χ3v) is 6.17. The fourth-order valence-electron chi connectivity index (χ4n) is 3.00. The molecule has 2 heterocycles. The number of carbonyl (C=O) groups is 1. The number of hydrogen-bond donors (Lipinski definition) is 0. The lowest BCUT2D eigenvalue weighted by Gasteiger charge is -2.24. The molecule has 3 rings (SSSR count). The van der Waals surface area contributed by atoms with Crippen LogP contribution in [0.4, 0.5) is 10.1 Å². The highest BCUT2D eigenvalue weighted by atomic mass is 32.2. The summed E-state index contributed by atoms with van der Waals surface area (Å²) in [6.07, 6.45) is 2.65. The monoisotopic (exact) mass is 380 g/mol. The number of nitrogens with zero attached hydrogens (tertiary/aromatic N) is 2. The Hall–Kier alpha value is -2.19. The third-order valence-electron chi connectivity index (χ3n) is 4.40. The summed E-state index contributed by atoms with van der Waals surface area (Å²) in [6, 6.07) is 8.19. The molecular weight excluding hydrogens is 359 g/mol. The van der Waals surface area contributed by atoms with Crippen molar-refractivity contribution in [3.05, 3.63) is 48.0 Å². The topological polar surface area (TPSA) is 70.8 Å². The van der Waals surface area contributed by atoms with Crippen LogP contribution in [-0.2, 0) is 10.0 Å². The molecule has 0 aliphatic carbocycles. The van der Waals surface area contributed by atoms with E-state index < -0.39 is 21.7 Å². The molecule has 0 bridgehead atoms. The Balaban J connectivity index is 1.83. The molecule has 1 aromatic heterocycles. The Morgan fingerprint density at radius 1 is 1.12 bits per heavy atom. The van der Waals surface area contributed by atoms with Gasteiger partial charge >= 0.3 is 0 Å². The Bertz CT molecular complexity index is 871. The predicted molar refractivity (Wildman–Crippen MR) is 95.1 cm³/mol. The summed E-state index contributed by atoms with van der Waals surface area (Å²) in [4.78, 5) is 14.1. The fraction of sp³-hybridized carbons (Fsp3) is 0.389. The summed E-state index contributed by atoms with van der Waals surface area (Å²) in [7, 11) is -3.73. The zero-order chi connectivity index (χ0) is 18.7. The van der Waals surface area contributed by atoms with E-state index in [-0.39, 0.29) is 10.9 Å². The lowest BCUT2D eigenvalue weighted by molar-refractivity contribution is 0.0956. The highest BCUT2D eigenvalue weighted by Crippen LogP contribution is 2.24. The van der Waals surface area contributed by atoms with Gasteiger partial charge in [-0.2, -0.15) is 4.31 Å². The zero-order valence-corrected chi connectivity index (χ0v) is 15.3. The highest BCUT2D eigenvalue weighted by molar-refractivity contribution is 7.89. The fourth-order valence-corrected chi connectivity index (χ4v) is 4.43. The minimum absolute atomic E-state index is 0.0632. The second-order valence-electron chi connectivity index (χ2n) is 6.11. The van der Waals surface area contributed by atoms with E-state index in [1.807, 2.05) is 0 Å². The van der Waals surface area contributed by atoms with Gasteiger partial charge in [0.2, 0.25) is 5.09 Å². The van der Waals surface area contributed by atoms with Crippen molar-refractivity contribution in [3.63, 3.8) is 0 Å². The van der Waals surface area contributed by atoms with Crippen LogP contribution in [0, 0.1) is 5.82 Å². The van der Waals surface area contributed by atoms with Crippen molar-refractivity contribution in [3.8, 4) is 0 Å². The number of halogens is 1. The van der Waals surface area contributed by atoms with Gasteiger partial charge in [0.25, 0.3) is 15.9 Å². The molecule has 1 amide bonds. The smallest absolute Gasteiger partial charge is 0.294 e. The second kappa shape index (κ2) is 7.59. The van der Waals surface area contributed by atoms with Gasteiger partial charge in [0.15, 0.2) is 5.76 Å². The van der Waals surface area contributed by atoms with Gasteiger partial charge in [0.1, 0.15) is 5.82 Å². The van der Waals surface area contributed by atoms with E-state index in [2.05, 4.69) is 0 Å². The van der Waals surface area contributed by atoms with Crippen LogP contribution in [-0.4, -0.2) is 38.3 Å². The van der Waals surface area contributed by atoms with Crippen LogP contribution in [0.15, 0.2) is 45.9 Å². The number of anilines is 1. The van der Waals surface area contributed by atoms with Crippen molar-refractivity contribution in [2.75, 3.05) is 24.5 Å². The summed E-state index contributed by atoms with van der Waals surface area (Å²) in [5.74, 6) is -0.934. The molecule has 1 aliphatic rings. The summed E-state index contributed by atoms with van der Waals surface area (Å²) < 4.78 is 45.2. The number of benzene rings is 1. The van der Waals surface area contributed by atoms with Crippen molar-refractivity contribution < 1.29 is 22.0 Å². The molecule has 0 atom stereocenters. The largest absolute Gasteiger partial charge is 0.438 e. The molecule has 8 heteroatoms. The molecule has 6 nitrogen and oxygen atoms in total. The van der Waals surface area contributed by atoms with Crippen LogP contribution in [0.3, 0.4) is 0 Å². The molecule has 1 aliphatic heterocycles. The molecule has 0 spiro atoms. The van der Waals surface area contributed by atoms with Crippen LogP contribution in [0.5, 0.6) is 0 Å². The van der Waals surface area contributed by atoms with Crippen molar-refractivity contribution >= 4 is 21.6 Å². The van der Waals surface area contributed by atoms with Crippen LogP contribution in [0.1, 0.15) is 36.7 Å². The molecule has 1 saturated heterocycles. The maximum Gasteiger partial charge on any atom is 0.294 e. The number of rotatable bonds is 5. The van der Waals surface area contributed by atoms with Crippen LogP contribution in [0.2, 0.25) is 0 Å². The van der Waals surface area contributed by atoms with E-state index in [0.29, 0.717) is 25.3 Å². The van der Waals surface area contributed by atoms with Crippen molar-refractivity contribution in [2.24, 2.45) is 0 Å². The zero-order valence-electron chi connectivity index (χ0n) is 14.5. The first-order chi connectivity index (χ1) is 12.4. The Labute approximate surface area is 152 Å². The van der Waals surface area contributed by atoms with Gasteiger partial charge in [-0.25, -0.2) is 12.8 Å². The predicted octanol–water partition coefficient (Wildman–Crippen LogP) is 3.26. The first-order valence-corrected chi connectivity index (χ1v) is 10.0. The molecule has 26 heavy (non-hydrogen) atoms. The summed E-state index contributed by atoms with van der Waals surface area (Å²) in [5.41, 5.74) is 0.510. The van der Waals surface area contributed by atoms with Crippen LogP contribution < -0.4 is 4.90 Å². The molecule has 1 aromatic carbocycles. The van der Waals surface area contributed by atoms with Crippen molar-refractivity contribution in [1.82, 2.24) is 4.31 Å². The van der Waals surface area contributed by atoms with Crippen LogP contribution >= 0.6 is 0 Å². The molecule has 1 fully saturated rings. The molecule has 0 saturated carbocycles. The van der Waals surface area contributed by atoms with Crippen LogP contribution in [0.25, 0.3) is 0 Å². The first-order valence-electron chi connectivity index (χ1n) is 8.61. The average Bonchev–Trinajstić information content (AvgIpc) is 3.15. The molecule has 0 radical (unpaired) electrons. The summed E-state index contributed by atoms with van der Waals surface area (Å²) in [5, 5.41) is -0.224.